The molecule has 1 aromatic rings. The monoisotopic (exact) mass is 208 g/mol. The Morgan fingerprint density at radius 3 is 2.93 bits per heavy atom. The molecular weight excluding hydrogens is 196 g/mol. The highest BCUT2D eigenvalue weighted by atomic mass is 16.2. The van der Waals surface area contributed by atoms with E-state index in [1.54, 1.807) is 0 Å². The molecule has 1 aromatic heterocycles. The van der Waals surface area contributed by atoms with Crippen molar-refractivity contribution in [2.24, 2.45) is 5.73 Å². The summed E-state index contributed by atoms with van der Waals surface area (Å²) in [5.74, 6) is -0.576. The van der Waals surface area contributed by atoms with Crippen LogP contribution in [0, 0.1) is 0 Å². The summed E-state index contributed by atoms with van der Waals surface area (Å²) in [4.78, 5) is 22.0. The molecule has 0 radical (unpaired) electrons. The molecule has 3 N–H and O–H groups in total. The number of primary amides is 1. The van der Waals surface area contributed by atoms with Crippen molar-refractivity contribution in [2.45, 2.75) is 25.4 Å². The number of nitrogens with two attached hydrogens (primary N) is 1. The van der Waals surface area contributed by atoms with E-state index in [1.807, 2.05) is 0 Å². The maximum Gasteiger partial charge on any atom is 0.269 e. The zero-order valence-corrected chi connectivity index (χ0v) is 8.14. The van der Waals surface area contributed by atoms with E-state index in [4.69, 9.17) is 5.73 Å². The first-order valence-electron chi connectivity index (χ1n) is 4.77. The van der Waals surface area contributed by atoms with Crippen LogP contribution in [0.5, 0.6) is 0 Å². The van der Waals surface area contributed by atoms with Crippen molar-refractivity contribution in [3.8, 4) is 0 Å². The quantitative estimate of drug-likeness (QED) is 0.684. The molecule has 2 rings (SSSR count). The fourth-order valence-corrected chi connectivity index (χ4v) is 1.24. The summed E-state index contributed by atoms with van der Waals surface area (Å²) in [7, 11) is 0. The van der Waals surface area contributed by atoms with Gasteiger partial charge in [-0.05, 0) is 12.8 Å². The van der Waals surface area contributed by atoms with Gasteiger partial charge in [0.05, 0.1) is 11.9 Å². The van der Waals surface area contributed by atoms with Gasteiger partial charge in [0.1, 0.15) is 6.54 Å². The van der Waals surface area contributed by atoms with E-state index in [0.717, 1.165) is 17.5 Å². The minimum absolute atomic E-state index is 0.178. The number of anilines is 1. The molecule has 1 amide bonds. The number of aromatic nitrogens is 2. The Morgan fingerprint density at radius 1 is 1.67 bits per heavy atom. The molecule has 1 heterocycles. The van der Waals surface area contributed by atoms with Crippen molar-refractivity contribution >= 4 is 11.6 Å². The molecule has 6 heteroatoms. The van der Waals surface area contributed by atoms with Crippen LogP contribution in [0.2, 0.25) is 0 Å². The summed E-state index contributed by atoms with van der Waals surface area (Å²) in [6.45, 7) is -0.178. The van der Waals surface area contributed by atoms with Crippen LogP contribution >= 0.6 is 0 Å². The number of nitrogens with zero attached hydrogens (tertiary/aromatic N) is 2. The van der Waals surface area contributed by atoms with Gasteiger partial charge in [0.25, 0.3) is 5.56 Å². The Kier molecular flexibility index (Phi) is 2.40. The van der Waals surface area contributed by atoms with Gasteiger partial charge in [0.2, 0.25) is 5.91 Å². The van der Waals surface area contributed by atoms with Crippen LogP contribution in [0.3, 0.4) is 0 Å². The van der Waals surface area contributed by atoms with Gasteiger partial charge in [-0.3, -0.25) is 9.59 Å². The van der Waals surface area contributed by atoms with Gasteiger partial charge >= 0.3 is 0 Å². The third-order valence-electron chi connectivity index (χ3n) is 2.12. The maximum absolute atomic E-state index is 11.4. The van der Waals surface area contributed by atoms with Gasteiger partial charge in [-0.2, -0.15) is 5.10 Å². The van der Waals surface area contributed by atoms with Crippen molar-refractivity contribution in [3.05, 3.63) is 22.6 Å². The predicted octanol–water partition coefficient (Wildman–Crippen LogP) is -0.697. The van der Waals surface area contributed by atoms with Crippen LogP contribution in [-0.2, 0) is 11.3 Å². The smallest absolute Gasteiger partial charge is 0.269 e. The lowest BCUT2D eigenvalue weighted by atomic mass is 10.4. The third kappa shape index (κ3) is 2.55. The summed E-state index contributed by atoms with van der Waals surface area (Å²) in [6.07, 6.45) is 3.79. The first-order chi connectivity index (χ1) is 7.15. The predicted molar refractivity (Wildman–Crippen MR) is 54.3 cm³/mol. The van der Waals surface area contributed by atoms with E-state index in [1.165, 1.54) is 12.3 Å². The van der Waals surface area contributed by atoms with Crippen LogP contribution in [-0.4, -0.2) is 21.7 Å². The molecule has 6 nitrogen and oxygen atoms in total. The van der Waals surface area contributed by atoms with E-state index in [2.05, 4.69) is 10.4 Å². The van der Waals surface area contributed by atoms with Crippen molar-refractivity contribution in [3.63, 3.8) is 0 Å². The lowest BCUT2D eigenvalue weighted by molar-refractivity contribution is -0.118. The number of amides is 1. The standard InChI is InChI=1S/C9H12N4O2/c10-8(14)5-13-9(15)3-7(4-11-13)12-6-1-2-6/h3-4,6,12H,1-2,5H2,(H2,10,14). The molecular formula is C9H12N4O2. The summed E-state index contributed by atoms with van der Waals surface area (Å²) < 4.78 is 1.04. The van der Waals surface area contributed by atoms with E-state index in [9.17, 15) is 9.59 Å². The summed E-state index contributed by atoms with van der Waals surface area (Å²) in [6, 6.07) is 1.90. The fraction of sp³-hybridized carbons (Fsp3) is 0.444. The fourth-order valence-electron chi connectivity index (χ4n) is 1.24. The van der Waals surface area contributed by atoms with Crippen molar-refractivity contribution in [1.29, 1.82) is 0 Å². The first-order valence-corrected chi connectivity index (χ1v) is 4.77. The maximum atomic E-state index is 11.4. The second kappa shape index (κ2) is 3.72. The van der Waals surface area contributed by atoms with Gasteiger partial charge in [-0.15, -0.1) is 0 Å². The molecule has 0 aliphatic heterocycles. The molecule has 0 spiro atoms. The zero-order valence-electron chi connectivity index (χ0n) is 8.14. The molecule has 80 valence electrons. The summed E-state index contributed by atoms with van der Waals surface area (Å²) in [5, 5.41) is 6.99. The van der Waals surface area contributed by atoms with Gasteiger partial charge in [-0.25, -0.2) is 4.68 Å². The Hall–Kier alpha value is -1.85. The number of carbonyl (C=O) groups is 1. The number of hydrogen-bond acceptors (Lipinski definition) is 4. The lowest BCUT2D eigenvalue weighted by Crippen LogP contribution is -2.29. The van der Waals surface area contributed by atoms with Gasteiger partial charge in [0, 0.05) is 12.1 Å². The summed E-state index contributed by atoms with van der Waals surface area (Å²) in [5.41, 5.74) is 5.35. The average molecular weight is 208 g/mol. The van der Waals surface area contributed by atoms with Gasteiger partial charge in [-0.1, -0.05) is 0 Å². The second-order valence-electron chi connectivity index (χ2n) is 3.63. The highest BCUT2D eigenvalue weighted by molar-refractivity contribution is 5.73. The third-order valence-corrected chi connectivity index (χ3v) is 2.12. The van der Waals surface area contributed by atoms with Crippen molar-refractivity contribution < 1.29 is 4.79 Å². The van der Waals surface area contributed by atoms with Crippen LogP contribution in [0.15, 0.2) is 17.1 Å². The van der Waals surface area contributed by atoms with E-state index in [-0.39, 0.29) is 12.1 Å². The van der Waals surface area contributed by atoms with Gasteiger partial charge in [0.15, 0.2) is 0 Å². The molecule has 1 saturated carbocycles. The average Bonchev–Trinajstić information content (AvgIpc) is 2.93. The Labute approximate surface area is 86.1 Å². The largest absolute Gasteiger partial charge is 0.381 e. The Morgan fingerprint density at radius 2 is 2.40 bits per heavy atom. The molecule has 1 aliphatic rings. The Bertz CT molecular complexity index is 436. The minimum atomic E-state index is -0.576. The van der Waals surface area contributed by atoms with E-state index < -0.39 is 5.91 Å². The highest BCUT2D eigenvalue weighted by Crippen LogP contribution is 2.23. The van der Waals surface area contributed by atoms with Crippen LogP contribution in [0.25, 0.3) is 0 Å². The molecule has 15 heavy (non-hydrogen) atoms. The lowest BCUT2D eigenvalue weighted by Gasteiger charge is -2.05. The highest BCUT2D eigenvalue weighted by Gasteiger charge is 2.21. The van der Waals surface area contributed by atoms with E-state index in [0.29, 0.717) is 11.7 Å². The molecule has 1 fully saturated rings. The topological polar surface area (TPSA) is 90.0 Å². The summed E-state index contributed by atoms with van der Waals surface area (Å²) >= 11 is 0. The minimum Gasteiger partial charge on any atom is -0.381 e. The molecule has 1 aliphatic carbocycles. The van der Waals surface area contributed by atoms with Crippen LogP contribution < -0.4 is 16.6 Å². The van der Waals surface area contributed by atoms with Crippen LogP contribution in [0.4, 0.5) is 5.69 Å². The number of nitrogens with one attached hydrogen (secondary N) is 1. The Balaban J connectivity index is 2.14. The number of hydrogen-bond donors (Lipinski definition) is 2. The first kappa shape index (κ1) is 9.70. The normalized spacial score (nSPS) is 14.9. The van der Waals surface area contributed by atoms with E-state index >= 15 is 0 Å². The van der Waals surface area contributed by atoms with Crippen molar-refractivity contribution in [1.82, 2.24) is 9.78 Å². The number of rotatable bonds is 4. The van der Waals surface area contributed by atoms with Gasteiger partial charge < -0.3 is 11.1 Å². The molecule has 0 bridgehead atoms. The molecule has 0 atom stereocenters. The second-order valence-corrected chi connectivity index (χ2v) is 3.63. The number of carbonyl (C=O) groups excluding carboxylic acids is 1. The molecule has 0 aromatic carbocycles. The SMILES string of the molecule is NC(=O)Cn1ncc(NC2CC2)cc1=O. The van der Waals surface area contributed by atoms with Crippen molar-refractivity contribution in [2.75, 3.05) is 5.32 Å². The van der Waals surface area contributed by atoms with Crippen LogP contribution in [0.1, 0.15) is 12.8 Å². The zero-order chi connectivity index (χ0) is 10.8. The molecule has 0 saturated heterocycles. The molecule has 0 unspecified atom stereocenters.